The molecule has 1 heterocycles. The molecule has 0 radical (unpaired) electrons. The Balaban J connectivity index is 1.96. The number of hydrogen-bond acceptors (Lipinski definition) is 5. The third kappa shape index (κ3) is 5.24. The van der Waals surface area contributed by atoms with Crippen molar-refractivity contribution in [3.05, 3.63) is 111 Å². The van der Waals surface area contributed by atoms with Gasteiger partial charge in [-0.3, -0.25) is 10.6 Å². The smallest absolute Gasteiger partial charge is 0.416 e. The van der Waals surface area contributed by atoms with Crippen LogP contribution in [0.2, 0.25) is 10.0 Å². The first-order valence-electron chi connectivity index (χ1n) is 11.2. The highest BCUT2D eigenvalue weighted by Gasteiger charge is 2.55. The van der Waals surface area contributed by atoms with Gasteiger partial charge in [-0.05, 0) is 54.4 Å². The van der Waals surface area contributed by atoms with Crippen LogP contribution in [-0.2, 0) is 21.0 Å². The van der Waals surface area contributed by atoms with Crippen LogP contribution in [0.4, 0.5) is 13.2 Å². The molecular weight excluding hydrogens is 548 g/mol. The lowest BCUT2D eigenvalue weighted by Gasteiger charge is -2.31. The summed E-state index contributed by atoms with van der Waals surface area (Å²) in [6.07, 6.45) is -4.65. The van der Waals surface area contributed by atoms with Gasteiger partial charge < -0.3 is 4.74 Å². The highest BCUT2D eigenvalue weighted by molar-refractivity contribution is 7.95. The highest BCUT2D eigenvalue weighted by Crippen LogP contribution is 2.47. The van der Waals surface area contributed by atoms with Crippen LogP contribution in [0, 0.1) is 0 Å². The van der Waals surface area contributed by atoms with Crippen molar-refractivity contribution in [3.8, 4) is 5.75 Å². The number of hydrogen-bond donors (Lipinski definition) is 2. The van der Waals surface area contributed by atoms with Gasteiger partial charge in [0.15, 0.2) is 0 Å². The first-order valence-corrected chi connectivity index (χ1v) is 13.5. The average molecular weight is 571 g/mol. The summed E-state index contributed by atoms with van der Waals surface area (Å²) in [4.78, 5) is -2.07. The van der Waals surface area contributed by atoms with Crippen LogP contribution in [0.1, 0.15) is 41.3 Å². The molecule has 1 aliphatic rings. The van der Waals surface area contributed by atoms with Gasteiger partial charge in [-0.2, -0.15) is 13.2 Å². The molecule has 3 aromatic carbocycles. The lowest BCUT2D eigenvalue weighted by Crippen LogP contribution is -2.52. The Morgan fingerprint density at radius 1 is 0.946 bits per heavy atom. The van der Waals surface area contributed by atoms with E-state index < -0.39 is 38.7 Å². The zero-order valence-corrected chi connectivity index (χ0v) is 21.8. The van der Waals surface area contributed by atoms with Crippen LogP contribution in [0.15, 0.2) is 78.7 Å². The normalized spacial score (nSPS) is 22.1. The van der Waals surface area contributed by atoms with Gasteiger partial charge in [0.25, 0.3) is 0 Å². The predicted octanol–water partition coefficient (Wildman–Crippen LogP) is 6.75. The van der Waals surface area contributed by atoms with Gasteiger partial charge in [0.2, 0.25) is 14.8 Å². The topological polar surface area (TPSA) is 67.4 Å². The standard InChI is InChI=1S/C26H23Cl2F3N2O3S/c1-3-36-22-15-18(25(29,30)31)9-14-21(22)26(37(34,35)4-2)32-23(16-5-10-19(27)11-6-16)24(33-26)17-7-12-20(28)13-8-17/h4-15,23-24,32-33H,2-3H2,1H3. The van der Waals surface area contributed by atoms with E-state index in [0.717, 1.165) is 23.6 Å². The van der Waals surface area contributed by atoms with Crippen LogP contribution >= 0.6 is 23.2 Å². The number of rotatable bonds is 7. The molecular formula is C26H23Cl2F3N2O3S. The molecule has 5 nitrogen and oxygen atoms in total. The monoisotopic (exact) mass is 570 g/mol. The van der Waals surface area contributed by atoms with Crippen LogP contribution in [0.3, 0.4) is 0 Å². The Labute approximate surface area is 223 Å². The quantitative estimate of drug-likeness (QED) is 0.328. The maximum absolute atomic E-state index is 13.7. The number of sulfone groups is 1. The Bertz CT molecular complexity index is 1340. The molecule has 0 saturated carbocycles. The summed E-state index contributed by atoms with van der Waals surface area (Å²) in [6, 6.07) is 15.1. The van der Waals surface area contributed by atoms with Crippen molar-refractivity contribution in [2.24, 2.45) is 0 Å². The molecule has 1 saturated heterocycles. The van der Waals surface area contributed by atoms with Gasteiger partial charge in [0.05, 0.1) is 24.3 Å². The minimum Gasteiger partial charge on any atom is -0.493 e. The largest absolute Gasteiger partial charge is 0.493 e. The summed E-state index contributed by atoms with van der Waals surface area (Å²) in [5, 5.41) is 8.07. The molecule has 0 aromatic heterocycles. The van der Waals surface area contributed by atoms with Crippen LogP contribution < -0.4 is 15.4 Å². The zero-order chi connectivity index (χ0) is 27.0. The van der Waals surface area contributed by atoms with Crippen LogP contribution in [-0.4, -0.2) is 15.0 Å². The lowest BCUT2D eigenvalue weighted by molar-refractivity contribution is -0.137. The van der Waals surface area contributed by atoms with Gasteiger partial charge in [-0.15, -0.1) is 0 Å². The molecule has 1 fully saturated rings. The van der Waals surface area contributed by atoms with Crippen molar-refractivity contribution < 1.29 is 26.3 Å². The van der Waals surface area contributed by atoms with E-state index in [1.165, 1.54) is 0 Å². The van der Waals surface area contributed by atoms with Crippen LogP contribution in [0.25, 0.3) is 0 Å². The molecule has 196 valence electrons. The second kappa shape index (κ2) is 10.3. The van der Waals surface area contributed by atoms with Crippen molar-refractivity contribution in [2.45, 2.75) is 30.2 Å². The molecule has 0 aliphatic carbocycles. The summed E-state index contributed by atoms with van der Waals surface area (Å²) in [6.45, 7) is 5.09. The molecule has 2 atom stereocenters. The number of ether oxygens (including phenoxy) is 1. The van der Waals surface area contributed by atoms with E-state index in [0.29, 0.717) is 21.2 Å². The molecule has 2 unspecified atom stereocenters. The Morgan fingerprint density at radius 2 is 1.43 bits per heavy atom. The summed E-state index contributed by atoms with van der Waals surface area (Å²) < 4.78 is 73.4. The predicted molar refractivity (Wildman–Crippen MR) is 138 cm³/mol. The fourth-order valence-electron chi connectivity index (χ4n) is 4.40. The second-order valence-electron chi connectivity index (χ2n) is 8.38. The Morgan fingerprint density at radius 3 is 1.84 bits per heavy atom. The van der Waals surface area contributed by atoms with Gasteiger partial charge in [-0.1, -0.05) is 60.1 Å². The molecule has 37 heavy (non-hydrogen) atoms. The molecule has 0 spiro atoms. The first kappa shape index (κ1) is 27.5. The van der Waals surface area contributed by atoms with Gasteiger partial charge in [-0.25, -0.2) is 8.42 Å². The van der Waals surface area contributed by atoms with Crippen molar-refractivity contribution >= 4 is 33.0 Å². The fraction of sp³-hybridized carbons (Fsp3) is 0.231. The van der Waals surface area contributed by atoms with Crippen molar-refractivity contribution in [3.63, 3.8) is 0 Å². The third-order valence-corrected chi connectivity index (χ3v) is 8.40. The van der Waals surface area contributed by atoms with Gasteiger partial charge in [0, 0.05) is 21.0 Å². The summed E-state index contributed by atoms with van der Waals surface area (Å²) in [5.74, 6) is -0.227. The summed E-state index contributed by atoms with van der Waals surface area (Å²) in [7, 11) is -4.27. The van der Waals surface area contributed by atoms with Crippen LogP contribution in [0.5, 0.6) is 5.75 Å². The number of alkyl halides is 3. The SMILES string of the molecule is C=CS(=O)(=O)C1(c2ccc(C(F)(F)F)cc2OCC)NC(c2ccc(Cl)cc2)C(c2ccc(Cl)cc2)N1. The maximum atomic E-state index is 13.7. The van der Waals surface area contributed by atoms with E-state index in [2.05, 4.69) is 17.2 Å². The minimum absolute atomic E-state index is 0.0136. The molecule has 0 bridgehead atoms. The average Bonchev–Trinajstić information content (AvgIpc) is 3.27. The van der Waals surface area contributed by atoms with E-state index >= 15 is 0 Å². The molecule has 0 amide bonds. The highest BCUT2D eigenvalue weighted by atomic mass is 35.5. The van der Waals surface area contributed by atoms with Crippen molar-refractivity contribution in [1.29, 1.82) is 0 Å². The summed E-state index contributed by atoms with van der Waals surface area (Å²) >= 11 is 12.2. The van der Waals surface area contributed by atoms with Gasteiger partial charge >= 0.3 is 6.18 Å². The lowest BCUT2D eigenvalue weighted by atomic mass is 9.95. The van der Waals surface area contributed by atoms with E-state index in [1.54, 1.807) is 55.5 Å². The Kier molecular flexibility index (Phi) is 7.65. The molecule has 3 aromatic rings. The molecule has 11 heteroatoms. The molecule has 4 rings (SSSR count). The van der Waals surface area contributed by atoms with Crippen molar-refractivity contribution in [2.75, 3.05) is 6.61 Å². The van der Waals surface area contributed by atoms with Crippen molar-refractivity contribution in [1.82, 2.24) is 10.6 Å². The minimum atomic E-state index is -4.65. The van der Waals surface area contributed by atoms with Gasteiger partial charge in [0.1, 0.15) is 5.75 Å². The number of nitrogens with one attached hydrogen (secondary N) is 2. The zero-order valence-electron chi connectivity index (χ0n) is 19.5. The Hall–Kier alpha value is -2.56. The van der Waals surface area contributed by atoms with E-state index in [1.807, 2.05) is 0 Å². The fourth-order valence-corrected chi connectivity index (χ4v) is 5.96. The maximum Gasteiger partial charge on any atom is 0.416 e. The second-order valence-corrected chi connectivity index (χ2v) is 11.3. The molecule has 1 aliphatic heterocycles. The van der Waals surface area contributed by atoms with E-state index in [4.69, 9.17) is 27.9 Å². The van der Waals surface area contributed by atoms with E-state index in [9.17, 15) is 21.6 Å². The number of benzene rings is 3. The third-order valence-electron chi connectivity index (χ3n) is 6.14. The molecule has 2 N–H and O–H groups in total. The number of halogens is 5. The van der Waals surface area contributed by atoms with E-state index in [-0.39, 0.29) is 17.9 Å². The summed E-state index contributed by atoms with van der Waals surface area (Å²) in [5.41, 5.74) is 0.399. The first-order chi connectivity index (χ1) is 17.4.